The van der Waals surface area contributed by atoms with E-state index in [0.717, 1.165) is 30.5 Å². The van der Waals surface area contributed by atoms with Crippen molar-refractivity contribution in [1.82, 2.24) is 4.90 Å². The standard InChI is InChI=1S/C27H34N2O2/c1-3-4-5-6-7-8-9-16-21-29-26(30)24(22-17-12-10-13-18-22)25(27(29)31)28(2)23-19-14-11-15-20-23/h10-15,17-20H,3-9,16,21H2,1-2H3. The quantitative estimate of drug-likeness (QED) is 0.311. The van der Waals surface area contributed by atoms with Gasteiger partial charge in [-0.1, -0.05) is 100 Å². The molecule has 0 aliphatic carbocycles. The molecule has 1 aliphatic rings. The summed E-state index contributed by atoms with van der Waals surface area (Å²) in [5.74, 6) is -0.380. The second-order valence-corrected chi connectivity index (χ2v) is 8.22. The largest absolute Gasteiger partial charge is 0.339 e. The number of amides is 2. The lowest BCUT2D eigenvalue weighted by Crippen LogP contribution is -2.35. The van der Waals surface area contributed by atoms with Crippen LogP contribution in [0.1, 0.15) is 63.9 Å². The molecule has 0 aromatic heterocycles. The van der Waals surface area contributed by atoms with E-state index in [1.807, 2.05) is 72.6 Å². The lowest BCUT2D eigenvalue weighted by molar-refractivity contribution is -0.136. The molecular weight excluding hydrogens is 384 g/mol. The molecule has 0 spiro atoms. The molecule has 0 bridgehead atoms. The summed E-state index contributed by atoms with van der Waals surface area (Å²) in [4.78, 5) is 30.0. The Balaban J connectivity index is 1.71. The number of carbonyl (C=O) groups excluding carboxylic acids is 2. The van der Waals surface area contributed by atoms with Crippen molar-refractivity contribution in [3.8, 4) is 0 Å². The maximum absolute atomic E-state index is 13.4. The number of carbonyl (C=O) groups is 2. The van der Waals surface area contributed by atoms with E-state index in [0.29, 0.717) is 17.8 Å². The first-order chi connectivity index (χ1) is 15.1. The van der Waals surface area contributed by atoms with E-state index in [1.54, 1.807) is 0 Å². The van der Waals surface area contributed by atoms with Crippen LogP contribution in [0.4, 0.5) is 5.69 Å². The molecule has 31 heavy (non-hydrogen) atoms. The summed E-state index contributed by atoms with van der Waals surface area (Å²) in [6.07, 6.45) is 9.45. The van der Waals surface area contributed by atoms with Gasteiger partial charge in [-0.15, -0.1) is 0 Å². The predicted octanol–water partition coefficient (Wildman–Crippen LogP) is 6.04. The number of nitrogens with zero attached hydrogens (tertiary/aromatic N) is 2. The van der Waals surface area contributed by atoms with Crippen molar-refractivity contribution in [2.45, 2.75) is 58.3 Å². The Labute approximate surface area is 186 Å². The van der Waals surface area contributed by atoms with Gasteiger partial charge < -0.3 is 4.90 Å². The number of imide groups is 1. The van der Waals surface area contributed by atoms with Crippen molar-refractivity contribution >= 4 is 23.1 Å². The highest BCUT2D eigenvalue weighted by molar-refractivity contribution is 6.36. The van der Waals surface area contributed by atoms with E-state index in [-0.39, 0.29) is 11.8 Å². The van der Waals surface area contributed by atoms with E-state index in [2.05, 4.69) is 6.92 Å². The fourth-order valence-electron chi connectivity index (χ4n) is 4.13. The van der Waals surface area contributed by atoms with Crippen molar-refractivity contribution in [2.24, 2.45) is 0 Å². The Bertz CT molecular complexity index is 890. The number of para-hydroxylation sites is 1. The monoisotopic (exact) mass is 418 g/mol. The molecule has 0 radical (unpaired) electrons. The molecule has 0 N–H and O–H groups in total. The maximum atomic E-state index is 13.4. The molecule has 0 saturated heterocycles. The Morgan fingerprint density at radius 2 is 1.26 bits per heavy atom. The van der Waals surface area contributed by atoms with Crippen LogP contribution in [0.5, 0.6) is 0 Å². The molecule has 2 aromatic carbocycles. The smallest absolute Gasteiger partial charge is 0.278 e. The van der Waals surface area contributed by atoms with Crippen LogP contribution < -0.4 is 4.90 Å². The molecule has 1 aliphatic heterocycles. The molecule has 2 aromatic rings. The van der Waals surface area contributed by atoms with Gasteiger partial charge >= 0.3 is 0 Å². The number of anilines is 1. The van der Waals surface area contributed by atoms with Crippen molar-refractivity contribution < 1.29 is 9.59 Å². The minimum absolute atomic E-state index is 0.183. The molecule has 0 fully saturated rings. The van der Waals surface area contributed by atoms with Crippen molar-refractivity contribution in [3.05, 3.63) is 71.9 Å². The summed E-state index contributed by atoms with van der Waals surface area (Å²) in [7, 11) is 1.86. The third kappa shape index (κ3) is 5.63. The lowest BCUT2D eigenvalue weighted by atomic mass is 10.0. The number of hydrogen-bond donors (Lipinski definition) is 0. The topological polar surface area (TPSA) is 40.6 Å². The molecule has 4 heteroatoms. The molecule has 0 atom stereocenters. The summed E-state index contributed by atoms with van der Waals surface area (Å²) < 4.78 is 0. The Kier molecular flexibility index (Phi) is 8.45. The number of likely N-dealkylation sites (N-methyl/N-ethyl adjacent to an activating group) is 1. The normalized spacial score (nSPS) is 13.9. The van der Waals surface area contributed by atoms with Crippen LogP contribution in [0.3, 0.4) is 0 Å². The van der Waals surface area contributed by atoms with E-state index in [9.17, 15) is 9.59 Å². The average Bonchev–Trinajstić information content (AvgIpc) is 3.06. The van der Waals surface area contributed by atoms with Gasteiger partial charge in [0.2, 0.25) is 0 Å². The summed E-state index contributed by atoms with van der Waals surface area (Å²) in [6.45, 7) is 2.71. The first kappa shape index (κ1) is 22.8. The molecule has 164 valence electrons. The highest BCUT2D eigenvalue weighted by Crippen LogP contribution is 2.33. The van der Waals surface area contributed by atoms with E-state index < -0.39 is 0 Å². The average molecular weight is 419 g/mol. The lowest BCUT2D eigenvalue weighted by Gasteiger charge is -2.21. The number of rotatable bonds is 12. The van der Waals surface area contributed by atoms with Gasteiger partial charge in [0.05, 0.1) is 5.57 Å². The van der Waals surface area contributed by atoms with Crippen LogP contribution in [-0.2, 0) is 9.59 Å². The second-order valence-electron chi connectivity index (χ2n) is 8.22. The van der Waals surface area contributed by atoms with Crippen molar-refractivity contribution in [3.63, 3.8) is 0 Å². The fourth-order valence-corrected chi connectivity index (χ4v) is 4.13. The summed E-state index contributed by atoms with van der Waals surface area (Å²) in [5.41, 5.74) is 2.64. The fraction of sp³-hybridized carbons (Fsp3) is 0.407. The van der Waals surface area contributed by atoms with Gasteiger partial charge in [0, 0.05) is 19.3 Å². The van der Waals surface area contributed by atoms with Crippen LogP contribution in [0, 0.1) is 0 Å². The van der Waals surface area contributed by atoms with Crippen molar-refractivity contribution in [2.75, 3.05) is 18.5 Å². The third-order valence-corrected chi connectivity index (χ3v) is 5.92. The summed E-state index contributed by atoms with van der Waals surface area (Å²) in [6, 6.07) is 19.3. The van der Waals surface area contributed by atoms with Crippen LogP contribution in [0.25, 0.3) is 5.57 Å². The number of benzene rings is 2. The highest BCUT2D eigenvalue weighted by atomic mass is 16.2. The van der Waals surface area contributed by atoms with Gasteiger partial charge in [-0.2, -0.15) is 0 Å². The van der Waals surface area contributed by atoms with Crippen molar-refractivity contribution in [1.29, 1.82) is 0 Å². The molecule has 3 rings (SSSR count). The minimum atomic E-state index is -0.196. The first-order valence-electron chi connectivity index (χ1n) is 11.6. The Morgan fingerprint density at radius 1 is 0.710 bits per heavy atom. The zero-order chi connectivity index (χ0) is 22.1. The van der Waals surface area contributed by atoms with Gasteiger partial charge in [0.15, 0.2) is 0 Å². The highest BCUT2D eigenvalue weighted by Gasteiger charge is 2.40. The first-order valence-corrected chi connectivity index (χ1v) is 11.6. The molecule has 1 heterocycles. The number of unbranched alkanes of at least 4 members (excludes halogenated alkanes) is 7. The van der Waals surface area contributed by atoms with E-state index >= 15 is 0 Å². The number of hydrogen-bond acceptors (Lipinski definition) is 3. The molecule has 4 nitrogen and oxygen atoms in total. The third-order valence-electron chi connectivity index (χ3n) is 5.92. The van der Waals surface area contributed by atoms with E-state index in [1.165, 1.54) is 37.0 Å². The van der Waals surface area contributed by atoms with Gasteiger partial charge in [-0.05, 0) is 24.1 Å². The van der Waals surface area contributed by atoms with Crippen LogP contribution in [-0.4, -0.2) is 30.3 Å². The summed E-state index contributed by atoms with van der Waals surface area (Å²) in [5, 5.41) is 0. The minimum Gasteiger partial charge on any atom is -0.339 e. The molecule has 2 amide bonds. The van der Waals surface area contributed by atoms with Crippen LogP contribution >= 0.6 is 0 Å². The van der Waals surface area contributed by atoms with Gasteiger partial charge in [0.25, 0.3) is 11.8 Å². The van der Waals surface area contributed by atoms with E-state index in [4.69, 9.17) is 0 Å². The summed E-state index contributed by atoms with van der Waals surface area (Å²) >= 11 is 0. The molecule has 0 unspecified atom stereocenters. The van der Waals surface area contributed by atoms with Crippen LogP contribution in [0.15, 0.2) is 66.4 Å². The second kappa shape index (κ2) is 11.5. The zero-order valence-corrected chi connectivity index (χ0v) is 18.8. The Hall–Kier alpha value is -2.88. The molecular formula is C27H34N2O2. The maximum Gasteiger partial charge on any atom is 0.278 e. The van der Waals surface area contributed by atoms with Gasteiger partial charge in [0.1, 0.15) is 5.70 Å². The molecule has 0 saturated carbocycles. The predicted molar refractivity (Wildman–Crippen MR) is 128 cm³/mol. The van der Waals surface area contributed by atoms with Crippen LogP contribution in [0.2, 0.25) is 0 Å². The SMILES string of the molecule is CCCCCCCCCCN1C(=O)C(c2ccccc2)=C(N(C)c2ccccc2)C1=O. The zero-order valence-electron chi connectivity index (χ0n) is 18.8. The van der Waals surface area contributed by atoms with Gasteiger partial charge in [-0.3, -0.25) is 14.5 Å². The Morgan fingerprint density at radius 3 is 1.87 bits per heavy atom. The van der Waals surface area contributed by atoms with Gasteiger partial charge in [-0.25, -0.2) is 0 Å².